The van der Waals surface area contributed by atoms with Crippen molar-refractivity contribution in [2.45, 2.75) is 45.6 Å². The third-order valence-electron chi connectivity index (χ3n) is 3.90. The van der Waals surface area contributed by atoms with E-state index in [4.69, 9.17) is 0 Å². The number of hydrogen-bond donors (Lipinski definition) is 1. The highest BCUT2D eigenvalue weighted by Crippen LogP contribution is 2.37. The van der Waals surface area contributed by atoms with Gasteiger partial charge in [-0.2, -0.15) is 0 Å². The second-order valence-electron chi connectivity index (χ2n) is 5.40. The highest BCUT2D eigenvalue weighted by atomic mass is 16.3. The lowest BCUT2D eigenvalue weighted by Gasteiger charge is -2.25. The summed E-state index contributed by atoms with van der Waals surface area (Å²) in [5.74, 6) is -1.10. The lowest BCUT2D eigenvalue weighted by Crippen LogP contribution is -2.32. The quantitative estimate of drug-likeness (QED) is 0.786. The molecule has 1 aliphatic rings. The van der Waals surface area contributed by atoms with Crippen LogP contribution in [0.4, 0.5) is 0 Å². The van der Waals surface area contributed by atoms with E-state index < -0.39 is 17.7 Å². The van der Waals surface area contributed by atoms with Gasteiger partial charge in [-0.15, -0.1) is 0 Å². The first-order valence-corrected chi connectivity index (χ1v) is 7.80. The Morgan fingerprint density at radius 2 is 2.09 bits per heavy atom. The van der Waals surface area contributed by atoms with Crippen LogP contribution in [-0.4, -0.2) is 33.2 Å². The molecular formula is C17H22N2O3. The maximum Gasteiger partial charge on any atom is 0.290 e. The van der Waals surface area contributed by atoms with Crippen molar-refractivity contribution in [2.24, 2.45) is 0 Å². The van der Waals surface area contributed by atoms with Gasteiger partial charge in [0.1, 0.15) is 6.04 Å². The van der Waals surface area contributed by atoms with E-state index in [0.29, 0.717) is 12.2 Å². The number of unbranched alkanes of at least 4 members (excludes halogenated alkanes) is 2. The van der Waals surface area contributed by atoms with Gasteiger partial charge in [0.25, 0.3) is 5.91 Å². The summed E-state index contributed by atoms with van der Waals surface area (Å²) in [5, 5.41) is 10.2. The van der Waals surface area contributed by atoms with E-state index >= 15 is 0 Å². The van der Waals surface area contributed by atoms with Crippen LogP contribution in [0, 0.1) is 0 Å². The predicted molar refractivity (Wildman–Crippen MR) is 83.2 cm³/mol. The average Bonchev–Trinajstić information content (AvgIpc) is 2.80. The molecule has 5 nitrogen and oxygen atoms in total. The van der Waals surface area contributed by atoms with Crippen molar-refractivity contribution >= 4 is 11.7 Å². The van der Waals surface area contributed by atoms with Crippen molar-refractivity contribution < 1.29 is 14.7 Å². The number of aromatic nitrogens is 1. The third-order valence-corrected chi connectivity index (χ3v) is 3.90. The minimum absolute atomic E-state index is 0.183. The standard InChI is InChI=1S/C17H22N2O3/c1-3-5-8-11-19-15(12-9-6-7-10-18-12)14(13(20)4-2)16(21)17(19)22/h6-7,9-10,15,21H,3-5,8,11H2,1-2H3. The summed E-state index contributed by atoms with van der Waals surface area (Å²) in [5.41, 5.74) is 0.802. The zero-order valence-corrected chi connectivity index (χ0v) is 13.1. The van der Waals surface area contributed by atoms with Crippen molar-refractivity contribution in [1.82, 2.24) is 9.88 Å². The molecule has 2 heterocycles. The molecule has 1 atom stereocenters. The van der Waals surface area contributed by atoms with E-state index in [-0.39, 0.29) is 17.8 Å². The van der Waals surface area contributed by atoms with Crippen LogP contribution < -0.4 is 0 Å². The van der Waals surface area contributed by atoms with Crippen LogP contribution in [0.3, 0.4) is 0 Å². The molecule has 1 amide bonds. The molecular weight excluding hydrogens is 280 g/mol. The van der Waals surface area contributed by atoms with Crippen molar-refractivity contribution in [2.75, 3.05) is 6.54 Å². The van der Waals surface area contributed by atoms with E-state index in [1.807, 2.05) is 6.07 Å². The van der Waals surface area contributed by atoms with Crippen LogP contribution in [0.1, 0.15) is 51.3 Å². The van der Waals surface area contributed by atoms with Crippen LogP contribution in [0.25, 0.3) is 0 Å². The number of pyridine rings is 1. The number of Topliss-reactive ketones (excluding diaryl/α,β-unsaturated/α-hetero) is 1. The lowest BCUT2D eigenvalue weighted by molar-refractivity contribution is -0.129. The van der Waals surface area contributed by atoms with Crippen molar-refractivity contribution in [3.05, 3.63) is 41.4 Å². The molecule has 0 fully saturated rings. The Morgan fingerprint density at radius 3 is 2.68 bits per heavy atom. The summed E-state index contributed by atoms with van der Waals surface area (Å²) < 4.78 is 0. The Bertz CT molecular complexity index is 581. The Morgan fingerprint density at radius 1 is 1.32 bits per heavy atom. The van der Waals surface area contributed by atoms with E-state index in [9.17, 15) is 14.7 Å². The van der Waals surface area contributed by atoms with Gasteiger partial charge < -0.3 is 10.0 Å². The van der Waals surface area contributed by atoms with Gasteiger partial charge in [0.05, 0.1) is 11.3 Å². The maximum absolute atomic E-state index is 12.4. The summed E-state index contributed by atoms with van der Waals surface area (Å²) in [7, 11) is 0. The molecule has 1 aliphatic heterocycles. The molecule has 0 aliphatic carbocycles. The molecule has 2 rings (SSSR count). The van der Waals surface area contributed by atoms with Crippen LogP contribution in [0.2, 0.25) is 0 Å². The second-order valence-corrected chi connectivity index (χ2v) is 5.40. The largest absolute Gasteiger partial charge is 0.503 e. The molecule has 1 unspecified atom stereocenters. The van der Waals surface area contributed by atoms with Gasteiger partial charge in [0.15, 0.2) is 11.5 Å². The molecule has 1 N–H and O–H groups in total. The molecule has 1 aromatic rings. The van der Waals surface area contributed by atoms with Crippen LogP contribution >= 0.6 is 0 Å². The fraction of sp³-hybridized carbons (Fsp3) is 0.471. The monoisotopic (exact) mass is 302 g/mol. The Labute approximate surface area is 130 Å². The van der Waals surface area contributed by atoms with Crippen LogP contribution in [0.15, 0.2) is 35.7 Å². The zero-order valence-electron chi connectivity index (χ0n) is 13.1. The Kier molecular flexibility index (Phi) is 5.31. The van der Waals surface area contributed by atoms with Gasteiger partial charge in [-0.25, -0.2) is 0 Å². The summed E-state index contributed by atoms with van der Waals surface area (Å²) in [4.78, 5) is 30.4. The fourth-order valence-electron chi connectivity index (χ4n) is 2.74. The Balaban J connectivity index is 2.38. The molecule has 1 aromatic heterocycles. The van der Waals surface area contributed by atoms with Crippen molar-refractivity contribution in [3.63, 3.8) is 0 Å². The van der Waals surface area contributed by atoms with Crippen LogP contribution in [-0.2, 0) is 9.59 Å². The molecule has 0 saturated heterocycles. The summed E-state index contributed by atoms with van der Waals surface area (Å²) in [6.07, 6.45) is 4.76. The van der Waals surface area contributed by atoms with Gasteiger partial charge in [0, 0.05) is 19.2 Å². The number of carbonyl (C=O) groups excluding carboxylic acids is 2. The number of carbonyl (C=O) groups is 2. The van der Waals surface area contributed by atoms with Gasteiger partial charge in [-0.1, -0.05) is 32.8 Å². The number of amides is 1. The number of hydrogen-bond acceptors (Lipinski definition) is 4. The van der Waals surface area contributed by atoms with Gasteiger partial charge in [-0.05, 0) is 18.6 Å². The van der Waals surface area contributed by atoms with Gasteiger partial charge in [0.2, 0.25) is 0 Å². The predicted octanol–water partition coefficient (Wildman–Crippen LogP) is 2.95. The van der Waals surface area contributed by atoms with E-state index in [1.165, 1.54) is 0 Å². The summed E-state index contributed by atoms with van der Waals surface area (Å²) in [6, 6.07) is 4.82. The second kappa shape index (κ2) is 7.20. The normalized spacial score (nSPS) is 18.2. The van der Waals surface area contributed by atoms with E-state index in [0.717, 1.165) is 19.3 Å². The first kappa shape index (κ1) is 16.2. The fourth-order valence-corrected chi connectivity index (χ4v) is 2.74. The summed E-state index contributed by atoms with van der Waals surface area (Å²) in [6.45, 7) is 4.32. The number of nitrogens with zero attached hydrogens (tertiary/aromatic N) is 2. The first-order chi connectivity index (χ1) is 10.6. The molecule has 0 radical (unpaired) electrons. The Hall–Kier alpha value is -2.17. The van der Waals surface area contributed by atoms with Crippen molar-refractivity contribution in [1.29, 1.82) is 0 Å². The number of rotatable bonds is 7. The number of aliphatic hydroxyl groups is 1. The van der Waals surface area contributed by atoms with Gasteiger partial charge in [-0.3, -0.25) is 14.6 Å². The molecule has 0 bridgehead atoms. The molecule has 5 heteroatoms. The molecule has 0 aromatic carbocycles. The minimum Gasteiger partial charge on any atom is -0.503 e. The molecule has 118 valence electrons. The van der Waals surface area contributed by atoms with E-state index in [2.05, 4.69) is 11.9 Å². The topological polar surface area (TPSA) is 70.5 Å². The highest BCUT2D eigenvalue weighted by molar-refractivity contribution is 6.08. The summed E-state index contributed by atoms with van der Waals surface area (Å²) >= 11 is 0. The third kappa shape index (κ3) is 3.03. The zero-order chi connectivity index (χ0) is 16.1. The number of aliphatic hydroxyl groups excluding tert-OH is 1. The smallest absolute Gasteiger partial charge is 0.290 e. The highest BCUT2D eigenvalue weighted by Gasteiger charge is 2.43. The average molecular weight is 302 g/mol. The molecule has 22 heavy (non-hydrogen) atoms. The first-order valence-electron chi connectivity index (χ1n) is 7.80. The number of ketones is 1. The van der Waals surface area contributed by atoms with E-state index in [1.54, 1.807) is 30.2 Å². The minimum atomic E-state index is -0.571. The van der Waals surface area contributed by atoms with Crippen molar-refractivity contribution in [3.8, 4) is 0 Å². The van der Waals surface area contributed by atoms with Gasteiger partial charge >= 0.3 is 0 Å². The maximum atomic E-state index is 12.4. The molecule has 0 saturated carbocycles. The lowest BCUT2D eigenvalue weighted by atomic mass is 9.98. The molecule has 0 spiro atoms. The van der Waals surface area contributed by atoms with Crippen LogP contribution in [0.5, 0.6) is 0 Å². The SMILES string of the molecule is CCCCCN1C(=O)C(O)=C(C(=O)CC)C1c1ccccn1.